The van der Waals surface area contributed by atoms with E-state index in [1.165, 1.54) is 37.7 Å². The van der Waals surface area contributed by atoms with Gasteiger partial charge in [0.25, 0.3) is 0 Å². The van der Waals surface area contributed by atoms with E-state index in [1.807, 2.05) is 0 Å². The maximum atomic E-state index is 6.14. The zero-order chi connectivity index (χ0) is 11.6. The standard InChI is InChI=1S/C15H24O/c1-10(2)12-7-8-15-13(16-15)6-5-11(3)14(15,4)9-12/h11-13H,1,5-9H2,2-4H3/t11-,12-,13-,14+,15-/m1/s1. The Hall–Kier alpha value is -0.300. The normalized spacial score (nSPS) is 55.1. The van der Waals surface area contributed by atoms with Gasteiger partial charge in [-0.05, 0) is 50.9 Å². The SMILES string of the molecule is C=C(C)[C@@H]1CC[C@@]23O[C@@H]2CC[C@@H](C)[C@]3(C)C1. The number of ether oxygens (including phenoxy) is 1. The van der Waals surface area contributed by atoms with Gasteiger partial charge in [0.05, 0.1) is 6.10 Å². The maximum Gasteiger partial charge on any atom is 0.100 e. The topological polar surface area (TPSA) is 12.5 Å². The van der Waals surface area contributed by atoms with Crippen LogP contribution in [0.3, 0.4) is 0 Å². The Bertz CT molecular complexity index is 334. The third-order valence-electron chi connectivity index (χ3n) is 5.96. The average Bonchev–Trinajstić information content (AvgIpc) is 2.94. The van der Waals surface area contributed by atoms with E-state index in [-0.39, 0.29) is 5.60 Å². The number of rotatable bonds is 1. The van der Waals surface area contributed by atoms with Crippen LogP contribution in [0.25, 0.3) is 0 Å². The van der Waals surface area contributed by atoms with Crippen molar-refractivity contribution in [2.24, 2.45) is 17.3 Å². The molecule has 3 fully saturated rings. The van der Waals surface area contributed by atoms with E-state index in [2.05, 4.69) is 27.4 Å². The lowest BCUT2D eigenvalue weighted by Gasteiger charge is -2.50. The summed E-state index contributed by atoms with van der Waals surface area (Å²) < 4.78 is 6.14. The summed E-state index contributed by atoms with van der Waals surface area (Å²) >= 11 is 0. The molecule has 2 aliphatic carbocycles. The number of allylic oxidation sites excluding steroid dienone is 1. The van der Waals surface area contributed by atoms with Crippen molar-refractivity contribution in [3.05, 3.63) is 12.2 Å². The average molecular weight is 220 g/mol. The predicted molar refractivity (Wildman–Crippen MR) is 66.3 cm³/mol. The Morgan fingerprint density at radius 3 is 2.75 bits per heavy atom. The minimum atomic E-state index is 0.274. The highest BCUT2D eigenvalue weighted by atomic mass is 16.6. The van der Waals surface area contributed by atoms with E-state index in [9.17, 15) is 0 Å². The third-order valence-corrected chi connectivity index (χ3v) is 5.96. The highest BCUT2D eigenvalue weighted by Gasteiger charge is 2.71. The Kier molecular flexibility index (Phi) is 2.12. The molecule has 16 heavy (non-hydrogen) atoms. The van der Waals surface area contributed by atoms with Crippen molar-refractivity contribution < 1.29 is 4.74 Å². The summed E-state index contributed by atoms with van der Waals surface area (Å²) in [6.07, 6.45) is 7.13. The largest absolute Gasteiger partial charge is 0.365 e. The van der Waals surface area contributed by atoms with Crippen molar-refractivity contribution >= 4 is 0 Å². The smallest absolute Gasteiger partial charge is 0.100 e. The molecular formula is C15H24O. The summed E-state index contributed by atoms with van der Waals surface area (Å²) in [6.45, 7) is 11.3. The molecule has 1 spiro atoms. The van der Waals surface area contributed by atoms with Gasteiger partial charge in [0.1, 0.15) is 5.60 Å². The van der Waals surface area contributed by atoms with E-state index >= 15 is 0 Å². The first-order chi connectivity index (χ1) is 7.49. The first-order valence-electron chi connectivity index (χ1n) is 6.83. The molecule has 0 radical (unpaired) electrons. The highest BCUT2D eigenvalue weighted by Crippen LogP contribution is 2.67. The van der Waals surface area contributed by atoms with Gasteiger partial charge in [-0.2, -0.15) is 0 Å². The van der Waals surface area contributed by atoms with Gasteiger partial charge in [0.15, 0.2) is 0 Å². The van der Waals surface area contributed by atoms with E-state index < -0.39 is 0 Å². The van der Waals surface area contributed by atoms with E-state index in [4.69, 9.17) is 4.74 Å². The molecule has 0 unspecified atom stereocenters. The quantitative estimate of drug-likeness (QED) is 0.482. The highest BCUT2D eigenvalue weighted by molar-refractivity contribution is 5.21. The Labute approximate surface area is 99.3 Å². The lowest BCUT2D eigenvalue weighted by Crippen LogP contribution is -2.50. The first-order valence-corrected chi connectivity index (χ1v) is 6.83. The van der Waals surface area contributed by atoms with Crippen LogP contribution in [0.15, 0.2) is 12.2 Å². The zero-order valence-electron chi connectivity index (χ0n) is 10.9. The Balaban J connectivity index is 1.90. The predicted octanol–water partition coefficient (Wildman–Crippen LogP) is 3.94. The summed E-state index contributed by atoms with van der Waals surface area (Å²) in [5, 5.41) is 0. The Morgan fingerprint density at radius 1 is 1.31 bits per heavy atom. The summed E-state index contributed by atoms with van der Waals surface area (Å²) in [6, 6.07) is 0. The van der Waals surface area contributed by atoms with Crippen LogP contribution in [0.2, 0.25) is 0 Å². The molecule has 5 atom stereocenters. The summed E-state index contributed by atoms with van der Waals surface area (Å²) in [5.41, 5.74) is 2.07. The molecule has 0 aromatic heterocycles. The zero-order valence-corrected chi connectivity index (χ0v) is 10.9. The van der Waals surface area contributed by atoms with Gasteiger partial charge >= 0.3 is 0 Å². The summed E-state index contributed by atoms with van der Waals surface area (Å²) in [7, 11) is 0. The molecule has 90 valence electrons. The maximum absolute atomic E-state index is 6.14. The fraction of sp³-hybridized carbons (Fsp3) is 0.867. The van der Waals surface area contributed by atoms with Crippen LogP contribution >= 0.6 is 0 Å². The second-order valence-electron chi connectivity index (χ2n) is 6.68. The lowest BCUT2D eigenvalue weighted by atomic mass is 9.53. The molecule has 1 heteroatoms. The summed E-state index contributed by atoms with van der Waals surface area (Å²) in [5.74, 6) is 1.55. The molecular weight excluding hydrogens is 196 g/mol. The van der Waals surface area contributed by atoms with Gasteiger partial charge in [-0.1, -0.05) is 26.0 Å². The lowest BCUT2D eigenvalue weighted by molar-refractivity contribution is -0.00642. The van der Waals surface area contributed by atoms with Gasteiger partial charge in [-0.15, -0.1) is 0 Å². The molecule has 3 aliphatic rings. The van der Waals surface area contributed by atoms with Crippen molar-refractivity contribution in [2.45, 2.75) is 64.6 Å². The molecule has 3 rings (SSSR count). The molecule has 2 saturated carbocycles. The van der Waals surface area contributed by atoms with Crippen LogP contribution < -0.4 is 0 Å². The van der Waals surface area contributed by atoms with Gasteiger partial charge in [0, 0.05) is 5.41 Å². The van der Waals surface area contributed by atoms with Crippen LogP contribution in [0, 0.1) is 17.3 Å². The van der Waals surface area contributed by atoms with Crippen LogP contribution in [-0.4, -0.2) is 11.7 Å². The van der Waals surface area contributed by atoms with Gasteiger partial charge in [-0.25, -0.2) is 0 Å². The number of hydrogen-bond acceptors (Lipinski definition) is 1. The van der Waals surface area contributed by atoms with Crippen LogP contribution in [0.1, 0.15) is 52.9 Å². The number of hydrogen-bond donors (Lipinski definition) is 0. The van der Waals surface area contributed by atoms with Gasteiger partial charge < -0.3 is 4.74 Å². The first kappa shape index (κ1) is 10.8. The Morgan fingerprint density at radius 2 is 2.06 bits per heavy atom. The molecule has 0 bridgehead atoms. The van der Waals surface area contributed by atoms with E-state index in [1.54, 1.807) is 0 Å². The van der Waals surface area contributed by atoms with Crippen molar-refractivity contribution in [3.63, 3.8) is 0 Å². The van der Waals surface area contributed by atoms with Gasteiger partial charge in [0.2, 0.25) is 0 Å². The molecule has 0 N–H and O–H groups in total. The minimum absolute atomic E-state index is 0.274. The number of epoxide rings is 1. The second-order valence-corrected chi connectivity index (χ2v) is 6.68. The van der Waals surface area contributed by atoms with E-state index in [0.29, 0.717) is 11.5 Å². The van der Waals surface area contributed by atoms with Crippen LogP contribution in [-0.2, 0) is 4.74 Å². The van der Waals surface area contributed by atoms with Crippen molar-refractivity contribution in [1.29, 1.82) is 0 Å². The van der Waals surface area contributed by atoms with Crippen molar-refractivity contribution in [2.75, 3.05) is 0 Å². The molecule has 0 amide bonds. The molecule has 1 aliphatic heterocycles. The fourth-order valence-electron chi connectivity index (χ4n) is 4.45. The van der Waals surface area contributed by atoms with Crippen LogP contribution in [0.5, 0.6) is 0 Å². The van der Waals surface area contributed by atoms with Crippen molar-refractivity contribution in [3.8, 4) is 0 Å². The van der Waals surface area contributed by atoms with Crippen molar-refractivity contribution in [1.82, 2.24) is 0 Å². The van der Waals surface area contributed by atoms with Crippen LogP contribution in [0.4, 0.5) is 0 Å². The molecule has 0 aromatic carbocycles. The third kappa shape index (κ3) is 1.16. The molecule has 1 saturated heterocycles. The molecule has 0 aromatic rings. The molecule has 1 nitrogen and oxygen atoms in total. The fourth-order valence-corrected chi connectivity index (χ4v) is 4.45. The summed E-state index contributed by atoms with van der Waals surface area (Å²) in [4.78, 5) is 0. The second kappa shape index (κ2) is 3.13. The van der Waals surface area contributed by atoms with E-state index in [0.717, 1.165) is 11.8 Å². The monoisotopic (exact) mass is 220 g/mol. The minimum Gasteiger partial charge on any atom is -0.365 e. The van der Waals surface area contributed by atoms with Gasteiger partial charge in [-0.3, -0.25) is 0 Å². The molecule has 1 heterocycles.